The second kappa shape index (κ2) is 11.7. The van der Waals surface area contributed by atoms with Gasteiger partial charge in [0, 0.05) is 36.8 Å². The summed E-state index contributed by atoms with van der Waals surface area (Å²) in [6, 6.07) is 4.79. The van der Waals surface area contributed by atoms with E-state index in [1.54, 1.807) is 23.1 Å². The number of ether oxygens (including phenoxy) is 1. The summed E-state index contributed by atoms with van der Waals surface area (Å²) in [4.78, 5) is 17.3. The van der Waals surface area contributed by atoms with Crippen molar-refractivity contribution in [2.75, 3.05) is 44.3 Å². The van der Waals surface area contributed by atoms with E-state index in [4.69, 9.17) is 4.74 Å². The van der Waals surface area contributed by atoms with Crippen LogP contribution in [0.25, 0.3) is 0 Å². The average molecular weight is 496 g/mol. The fourth-order valence-corrected chi connectivity index (χ4v) is 5.67. The first-order valence-electron chi connectivity index (χ1n) is 12.4. The predicted octanol–water partition coefficient (Wildman–Crippen LogP) is 2.72. The number of anilines is 1. The van der Waals surface area contributed by atoms with Gasteiger partial charge in [0.15, 0.2) is 0 Å². The minimum absolute atomic E-state index is 0.0477. The first kappa shape index (κ1) is 26.8. The van der Waals surface area contributed by atoms with Gasteiger partial charge in [0.25, 0.3) is 0 Å². The van der Waals surface area contributed by atoms with Gasteiger partial charge in [-0.25, -0.2) is 8.42 Å². The molecule has 0 unspecified atom stereocenters. The molecule has 192 valence electrons. The Hall–Kier alpha value is -1.84. The van der Waals surface area contributed by atoms with Crippen LogP contribution in [0.3, 0.4) is 0 Å². The van der Waals surface area contributed by atoms with E-state index < -0.39 is 10.0 Å². The van der Waals surface area contributed by atoms with Gasteiger partial charge >= 0.3 is 0 Å². The lowest BCUT2D eigenvalue weighted by Gasteiger charge is -2.35. The SMILES string of the molecule is C[C@H](CO)N1C[C@H](C)[C@@H](CN(C)CC2CCCCC2)Oc2ccc(NS(C)(=O)=O)cc2CC1=O. The van der Waals surface area contributed by atoms with E-state index in [1.807, 2.05) is 6.92 Å². The summed E-state index contributed by atoms with van der Waals surface area (Å²) in [6.07, 6.45) is 7.53. The van der Waals surface area contributed by atoms with Gasteiger partial charge in [-0.1, -0.05) is 26.2 Å². The number of fused-ring (bicyclic) bond motifs is 1. The van der Waals surface area contributed by atoms with E-state index in [0.29, 0.717) is 23.5 Å². The normalized spacial score (nSPS) is 23.5. The molecule has 34 heavy (non-hydrogen) atoms. The number of aliphatic hydroxyl groups excluding tert-OH is 1. The summed E-state index contributed by atoms with van der Waals surface area (Å²) in [7, 11) is -1.31. The molecule has 1 aromatic carbocycles. The van der Waals surface area contributed by atoms with Crippen LogP contribution in [0.4, 0.5) is 5.69 Å². The third-order valence-electron chi connectivity index (χ3n) is 7.01. The van der Waals surface area contributed by atoms with Crippen LogP contribution in [0.15, 0.2) is 18.2 Å². The number of benzene rings is 1. The number of hydrogen-bond donors (Lipinski definition) is 2. The number of sulfonamides is 1. The van der Waals surface area contributed by atoms with Crippen molar-refractivity contribution in [2.24, 2.45) is 11.8 Å². The van der Waals surface area contributed by atoms with Gasteiger partial charge in [0.05, 0.1) is 25.3 Å². The lowest BCUT2D eigenvalue weighted by molar-refractivity contribution is -0.134. The van der Waals surface area contributed by atoms with Crippen LogP contribution in [0.2, 0.25) is 0 Å². The van der Waals surface area contributed by atoms with Crippen LogP contribution < -0.4 is 9.46 Å². The Morgan fingerprint density at radius 2 is 1.94 bits per heavy atom. The molecule has 0 spiro atoms. The number of carbonyl (C=O) groups is 1. The monoisotopic (exact) mass is 495 g/mol. The Kier molecular flexibility index (Phi) is 9.23. The molecule has 1 fully saturated rings. The number of carbonyl (C=O) groups excluding carboxylic acids is 1. The molecule has 3 atom stereocenters. The van der Waals surface area contributed by atoms with Crippen LogP contribution >= 0.6 is 0 Å². The molecule has 1 saturated carbocycles. The zero-order chi connectivity index (χ0) is 24.9. The van der Waals surface area contributed by atoms with Crippen molar-refractivity contribution < 1.29 is 23.1 Å². The van der Waals surface area contributed by atoms with Gasteiger partial charge in [-0.2, -0.15) is 0 Å². The molecule has 3 rings (SSSR count). The average Bonchev–Trinajstić information content (AvgIpc) is 2.81. The zero-order valence-electron chi connectivity index (χ0n) is 21.0. The van der Waals surface area contributed by atoms with Crippen LogP contribution in [-0.2, 0) is 21.2 Å². The number of amides is 1. The maximum absolute atomic E-state index is 13.2. The van der Waals surface area contributed by atoms with Crippen LogP contribution in [-0.4, -0.2) is 80.9 Å². The molecule has 2 N–H and O–H groups in total. The number of hydrogen-bond acceptors (Lipinski definition) is 6. The predicted molar refractivity (Wildman–Crippen MR) is 135 cm³/mol. The summed E-state index contributed by atoms with van der Waals surface area (Å²) in [5.41, 5.74) is 1.04. The molecule has 1 aliphatic carbocycles. The molecule has 0 aromatic heterocycles. The van der Waals surface area contributed by atoms with Gasteiger partial charge in [0.2, 0.25) is 15.9 Å². The van der Waals surface area contributed by atoms with Crippen molar-refractivity contribution in [1.29, 1.82) is 0 Å². The van der Waals surface area contributed by atoms with Crippen molar-refractivity contribution in [3.05, 3.63) is 23.8 Å². The Morgan fingerprint density at radius 3 is 2.59 bits per heavy atom. The molecule has 1 aromatic rings. The van der Waals surface area contributed by atoms with Crippen molar-refractivity contribution >= 4 is 21.6 Å². The summed E-state index contributed by atoms with van der Waals surface area (Å²) >= 11 is 0. The standard InChI is InChI=1S/C25H41N3O5S/c1-18-14-28(19(2)17-29)25(30)13-21-12-22(26-34(4,31)32)10-11-23(21)33-24(18)16-27(3)15-20-8-6-5-7-9-20/h10-12,18-20,24,26,29H,5-9,13-17H2,1-4H3/t18-,19+,24+/m0/s1. The molecule has 8 nitrogen and oxygen atoms in total. The van der Waals surface area contributed by atoms with Crippen LogP contribution in [0.5, 0.6) is 5.75 Å². The second-order valence-corrected chi connectivity index (χ2v) is 12.1. The molecule has 0 radical (unpaired) electrons. The Morgan fingerprint density at radius 1 is 1.24 bits per heavy atom. The molecular formula is C25H41N3O5S. The minimum atomic E-state index is -3.44. The van der Waals surface area contributed by atoms with Crippen molar-refractivity contribution in [3.63, 3.8) is 0 Å². The van der Waals surface area contributed by atoms with E-state index >= 15 is 0 Å². The number of nitrogens with one attached hydrogen (secondary N) is 1. The molecule has 1 aliphatic heterocycles. The maximum Gasteiger partial charge on any atom is 0.229 e. The third kappa shape index (κ3) is 7.58. The Bertz CT molecular complexity index is 932. The number of likely N-dealkylation sites (N-methyl/N-ethyl adjacent to an activating group) is 1. The lowest BCUT2D eigenvalue weighted by atomic mass is 9.89. The first-order chi connectivity index (χ1) is 16.1. The van der Waals surface area contributed by atoms with E-state index in [-0.39, 0.29) is 37.0 Å². The van der Waals surface area contributed by atoms with Gasteiger partial charge < -0.3 is 19.6 Å². The quantitative estimate of drug-likeness (QED) is 0.575. The van der Waals surface area contributed by atoms with E-state index in [0.717, 1.165) is 25.3 Å². The fraction of sp³-hybridized carbons (Fsp3) is 0.720. The number of nitrogens with zero attached hydrogens (tertiary/aromatic N) is 2. The van der Waals surface area contributed by atoms with Gasteiger partial charge in [0.1, 0.15) is 11.9 Å². The summed E-state index contributed by atoms with van der Waals surface area (Å²) in [5.74, 6) is 1.26. The van der Waals surface area contributed by atoms with Gasteiger partial charge in [-0.05, 0) is 50.9 Å². The molecule has 2 aliphatic rings. The third-order valence-corrected chi connectivity index (χ3v) is 7.61. The minimum Gasteiger partial charge on any atom is -0.488 e. The van der Waals surface area contributed by atoms with E-state index in [2.05, 4.69) is 23.6 Å². The molecule has 1 amide bonds. The highest BCUT2D eigenvalue weighted by molar-refractivity contribution is 7.92. The van der Waals surface area contributed by atoms with Crippen molar-refractivity contribution in [2.45, 2.75) is 64.5 Å². The van der Waals surface area contributed by atoms with Crippen molar-refractivity contribution in [3.8, 4) is 5.75 Å². The van der Waals surface area contributed by atoms with Gasteiger partial charge in [-0.15, -0.1) is 0 Å². The highest BCUT2D eigenvalue weighted by Crippen LogP contribution is 2.30. The smallest absolute Gasteiger partial charge is 0.229 e. The summed E-state index contributed by atoms with van der Waals surface area (Å²) in [5, 5.41) is 9.77. The highest BCUT2D eigenvalue weighted by Gasteiger charge is 2.31. The maximum atomic E-state index is 13.2. The largest absolute Gasteiger partial charge is 0.488 e. The summed E-state index contributed by atoms with van der Waals surface area (Å²) < 4.78 is 32.4. The van der Waals surface area contributed by atoms with Crippen molar-refractivity contribution in [1.82, 2.24) is 9.80 Å². The molecule has 1 heterocycles. The van der Waals surface area contributed by atoms with Gasteiger partial charge in [-0.3, -0.25) is 9.52 Å². The zero-order valence-corrected chi connectivity index (χ0v) is 21.8. The fourth-order valence-electron chi connectivity index (χ4n) is 5.12. The molecule has 0 saturated heterocycles. The second-order valence-electron chi connectivity index (χ2n) is 10.3. The number of aliphatic hydroxyl groups is 1. The molecular weight excluding hydrogens is 454 g/mol. The Labute approximate surface area is 204 Å². The Balaban J connectivity index is 1.87. The van der Waals surface area contributed by atoms with E-state index in [1.165, 1.54) is 32.1 Å². The molecule has 0 bridgehead atoms. The van der Waals surface area contributed by atoms with Crippen LogP contribution in [0, 0.1) is 11.8 Å². The first-order valence-corrected chi connectivity index (χ1v) is 14.3. The lowest BCUT2D eigenvalue weighted by Crippen LogP contribution is -2.48. The topological polar surface area (TPSA) is 99.2 Å². The van der Waals surface area contributed by atoms with E-state index in [9.17, 15) is 18.3 Å². The summed E-state index contributed by atoms with van der Waals surface area (Å²) in [6.45, 7) is 6.07. The number of rotatable bonds is 8. The highest BCUT2D eigenvalue weighted by atomic mass is 32.2. The molecule has 9 heteroatoms. The van der Waals surface area contributed by atoms with Crippen LogP contribution in [0.1, 0.15) is 51.5 Å².